The number of pyridine rings is 1. The molecule has 8 heteroatoms. The van der Waals surface area contributed by atoms with E-state index in [1.165, 1.54) is 0 Å². The summed E-state index contributed by atoms with van der Waals surface area (Å²) in [6, 6.07) is 12.9. The summed E-state index contributed by atoms with van der Waals surface area (Å²) in [7, 11) is 3.46. The van der Waals surface area contributed by atoms with E-state index >= 15 is 0 Å². The number of likely N-dealkylation sites (N-methyl/N-ethyl adjacent to an activating group) is 1. The van der Waals surface area contributed by atoms with Crippen molar-refractivity contribution in [3.63, 3.8) is 0 Å². The molecule has 0 fully saturated rings. The largest absolute Gasteiger partial charge is 0.491 e. The van der Waals surface area contributed by atoms with Gasteiger partial charge >= 0.3 is 0 Å². The van der Waals surface area contributed by atoms with E-state index in [2.05, 4.69) is 20.3 Å². The van der Waals surface area contributed by atoms with Crippen molar-refractivity contribution in [3.8, 4) is 17.1 Å². The van der Waals surface area contributed by atoms with Gasteiger partial charge in [0.15, 0.2) is 0 Å². The van der Waals surface area contributed by atoms with Crippen molar-refractivity contribution in [1.29, 1.82) is 0 Å². The molecule has 0 atom stereocenters. The van der Waals surface area contributed by atoms with E-state index in [0.717, 1.165) is 11.3 Å². The maximum absolute atomic E-state index is 12.0. The van der Waals surface area contributed by atoms with E-state index in [1.54, 1.807) is 56.5 Å². The van der Waals surface area contributed by atoms with Crippen LogP contribution in [-0.2, 0) is 4.79 Å². The van der Waals surface area contributed by atoms with Crippen molar-refractivity contribution < 1.29 is 14.6 Å². The molecule has 0 bridgehead atoms. The van der Waals surface area contributed by atoms with Crippen LogP contribution in [0.1, 0.15) is 12.5 Å². The third kappa shape index (κ3) is 6.10. The third-order valence-corrected chi connectivity index (χ3v) is 4.30. The third-order valence-electron chi connectivity index (χ3n) is 4.30. The van der Waals surface area contributed by atoms with E-state index in [4.69, 9.17) is 9.84 Å². The maximum atomic E-state index is 12.0. The Bertz CT molecular complexity index is 1060. The van der Waals surface area contributed by atoms with Crippen LogP contribution in [0.5, 0.6) is 5.75 Å². The van der Waals surface area contributed by atoms with Crippen LogP contribution in [0.15, 0.2) is 60.4 Å². The summed E-state index contributed by atoms with van der Waals surface area (Å²) in [6.07, 6.45) is 5.13. The second-order valence-electron chi connectivity index (χ2n) is 6.99. The van der Waals surface area contributed by atoms with Crippen LogP contribution in [0.4, 0.5) is 11.6 Å². The number of nitrogens with zero attached hydrogens (tertiary/aromatic N) is 4. The molecule has 3 aromatic rings. The Labute approximate surface area is 181 Å². The standard InChI is InChI=1S/C23H25N5O3/c1-16(22(30)28(2)3)14-17-4-6-18(7-5-17)26-23-25-11-9-20(27-23)21-15-19(8-10-24-21)31-13-12-29/h4-11,14-15,29H,12-13H2,1-3H3,(H,25,26,27). The first-order valence-electron chi connectivity index (χ1n) is 9.76. The lowest BCUT2D eigenvalue weighted by atomic mass is 10.1. The van der Waals surface area contributed by atoms with Gasteiger partial charge in [-0.25, -0.2) is 9.97 Å². The molecule has 31 heavy (non-hydrogen) atoms. The summed E-state index contributed by atoms with van der Waals surface area (Å²) in [4.78, 5) is 26.7. The lowest BCUT2D eigenvalue weighted by Crippen LogP contribution is -2.22. The molecule has 3 rings (SSSR count). The van der Waals surface area contributed by atoms with Gasteiger partial charge in [-0.05, 0) is 42.8 Å². The van der Waals surface area contributed by atoms with E-state index in [-0.39, 0.29) is 19.1 Å². The van der Waals surface area contributed by atoms with Gasteiger partial charge in [-0.3, -0.25) is 9.78 Å². The van der Waals surface area contributed by atoms with Crippen LogP contribution in [0, 0.1) is 0 Å². The molecule has 0 spiro atoms. The summed E-state index contributed by atoms with van der Waals surface area (Å²) < 4.78 is 5.43. The zero-order chi connectivity index (χ0) is 22.2. The minimum Gasteiger partial charge on any atom is -0.491 e. The number of anilines is 2. The van der Waals surface area contributed by atoms with Crippen molar-refractivity contribution in [2.24, 2.45) is 0 Å². The number of rotatable bonds is 8. The lowest BCUT2D eigenvalue weighted by Gasteiger charge is -2.10. The van der Waals surface area contributed by atoms with E-state index < -0.39 is 0 Å². The molecule has 8 nitrogen and oxygen atoms in total. The predicted octanol–water partition coefficient (Wildman–Crippen LogP) is 3.14. The van der Waals surface area contributed by atoms with Gasteiger partial charge in [-0.1, -0.05) is 12.1 Å². The zero-order valence-electron chi connectivity index (χ0n) is 17.7. The normalized spacial score (nSPS) is 11.2. The van der Waals surface area contributed by atoms with Crippen molar-refractivity contribution in [2.75, 3.05) is 32.6 Å². The van der Waals surface area contributed by atoms with E-state index in [0.29, 0.717) is 28.7 Å². The highest BCUT2D eigenvalue weighted by Gasteiger charge is 2.08. The Balaban J connectivity index is 1.73. The number of hydrogen-bond donors (Lipinski definition) is 2. The molecule has 0 saturated carbocycles. The summed E-state index contributed by atoms with van der Waals surface area (Å²) in [5.41, 5.74) is 3.70. The second kappa shape index (κ2) is 10.3. The Morgan fingerprint density at radius 2 is 1.84 bits per heavy atom. The van der Waals surface area contributed by atoms with Crippen LogP contribution in [0.3, 0.4) is 0 Å². The van der Waals surface area contributed by atoms with Crippen molar-refractivity contribution >= 4 is 23.6 Å². The van der Waals surface area contributed by atoms with E-state index in [9.17, 15) is 4.79 Å². The fourth-order valence-corrected chi connectivity index (χ4v) is 2.82. The predicted molar refractivity (Wildman–Crippen MR) is 120 cm³/mol. The molecule has 2 N–H and O–H groups in total. The fourth-order valence-electron chi connectivity index (χ4n) is 2.82. The molecule has 0 aliphatic carbocycles. The molecule has 0 aliphatic heterocycles. The number of nitrogens with one attached hydrogen (secondary N) is 1. The Morgan fingerprint density at radius 1 is 1.10 bits per heavy atom. The average molecular weight is 419 g/mol. The van der Waals surface area contributed by atoms with Gasteiger partial charge in [0.2, 0.25) is 11.9 Å². The van der Waals surface area contributed by atoms with Gasteiger partial charge in [-0.15, -0.1) is 0 Å². The highest BCUT2D eigenvalue weighted by atomic mass is 16.5. The first kappa shape index (κ1) is 21.9. The zero-order valence-corrected chi connectivity index (χ0v) is 17.7. The molecule has 0 unspecified atom stereocenters. The minimum absolute atomic E-state index is 0.0214. The molecular formula is C23H25N5O3. The smallest absolute Gasteiger partial charge is 0.248 e. The molecule has 0 radical (unpaired) electrons. The van der Waals surface area contributed by atoms with Crippen LogP contribution in [0.2, 0.25) is 0 Å². The Hall–Kier alpha value is -3.78. The SMILES string of the molecule is CC(=Cc1ccc(Nc2nccc(-c3cc(OCCO)ccn3)n2)cc1)C(=O)N(C)C. The Morgan fingerprint density at radius 3 is 2.55 bits per heavy atom. The molecule has 1 aromatic carbocycles. The number of aromatic nitrogens is 3. The molecule has 1 amide bonds. The first-order chi connectivity index (χ1) is 15.0. The van der Waals surface area contributed by atoms with Gasteiger partial charge in [0.25, 0.3) is 0 Å². The van der Waals surface area contributed by atoms with E-state index in [1.807, 2.05) is 30.3 Å². The number of ether oxygens (including phenoxy) is 1. The highest BCUT2D eigenvalue weighted by Crippen LogP contribution is 2.22. The number of carbonyl (C=O) groups is 1. The Kier molecular flexibility index (Phi) is 7.29. The molecule has 2 aromatic heterocycles. The monoisotopic (exact) mass is 419 g/mol. The van der Waals surface area contributed by atoms with Crippen molar-refractivity contribution in [2.45, 2.75) is 6.92 Å². The van der Waals surface area contributed by atoms with Crippen molar-refractivity contribution in [1.82, 2.24) is 19.9 Å². The van der Waals surface area contributed by atoms with Gasteiger partial charge in [-0.2, -0.15) is 0 Å². The van der Waals surface area contributed by atoms with Crippen LogP contribution in [-0.4, -0.2) is 58.2 Å². The van der Waals surface area contributed by atoms with Crippen LogP contribution in [0.25, 0.3) is 17.5 Å². The summed E-state index contributed by atoms with van der Waals surface area (Å²) in [5.74, 6) is 1.02. The van der Waals surface area contributed by atoms with Crippen LogP contribution >= 0.6 is 0 Å². The number of amides is 1. The summed E-state index contributed by atoms with van der Waals surface area (Å²) in [6.45, 7) is 1.96. The van der Waals surface area contributed by atoms with Gasteiger partial charge in [0.1, 0.15) is 12.4 Å². The number of hydrogen-bond acceptors (Lipinski definition) is 7. The van der Waals surface area contributed by atoms with Crippen molar-refractivity contribution in [3.05, 3.63) is 66.0 Å². The molecular weight excluding hydrogens is 394 g/mol. The van der Waals surface area contributed by atoms with Gasteiger partial charge < -0.3 is 20.1 Å². The maximum Gasteiger partial charge on any atom is 0.248 e. The second-order valence-corrected chi connectivity index (χ2v) is 6.99. The summed E-state index contributed by atoms with van der Waals surface area (Å²) in [5, 5.41) is 12.1. The number of aliphatic hydroxyl groups excluding tert-OH is 1. The van der Waals surface area contributed by atoms with Crippen LogP contribution < -0.4 is 10.1 Å². The minimum atomic E-state index is -0.0562. The highest BCUT2D eigenvalue weighted by molar-refractivity contribution is 5.96. The topological polar surface area (TPSA) is 100 Å². The van der Waals surface area contributed by atoms with Gasteiger partial charge in [0.05, 0.1) is 18.0 Å². The number of benzene rings is 1. The van der Waals surface area contributed by atoms with Gasteiger partial charge in [0, 0.05) is 43.8 Å². The molecule has 2 heterocycles. The molecule has 0 aliphatic rings. The lowest BCUT2D eigenvalue weighted by molar-refractivity contribution is -0.124. The summed E-state index contributed by atoms with van der Waals surface area (Å²) >= 11 is 0. The molecule has 0 saturated heterocycles. The first-order valence-corrected chi connectivity index (χ1v) is 9.76. The average Bonchev–Trinajstić information content (AvgIpc) is 2.78. The quantitative estimate of drug-likeness (QED) is 0.541. The number of aliphatic hydroxyl groups is 1. The fraction of sp³-hybridized carbons (Fsp3) is 0.217. The number of carbonyl (C=O) groups excluding carboxylic acids is 1. The molecule has 160 valence electrons.